The number of rotatable bonds is 3. The van der Waals surface area contributed by atoms with Crippen LogP contribution in [0.25, 0.3) is 0 Å². The predicted octanol–water partition coefficient (Wildman–Crippen LogP) is 0.570. The molecule has 1 aromatic carbocycles. The van der Waals surface area contributed by atoms with Crippen molar-refractivity contribution in [1.29, 1.82) is 0 Å². The molecule has 5 nitrogen and oxygen atoms in total. The van der Waals surface area contributed by atoms with Gasteiger partial charge < -0.3 is 15.7 Å². The Bertz CT molecular complexity index is 461. The lowest BCUT2D eigenvalue weighted by Gasteiger charge is -2.09. The average Bonchev–Trinajstić information content (AvgIpc) is 2.30. The van der Waals surface area contributed by atoms with Crippen molar-refractivity contribution >= 4 is 17.5 Å². The minimum atomic E-state index is -0.899. The highest BCUT2D eigenvalue weighted by molar-refractivity contribution is 6.39. The van der Waals surface area contributed by atoms with Crippen molar-refractivity contribution in [3.63, 3.8) is 0 Å². The van der Waals surface area contributed by atoms with E-state index in [0.29, 0.717) is 5.56 Å². The van der Waals surface area contributed by atoms with Crippen LogP contribution in [-0.2, 0) is 9.59 Å². The predicted molar refractivity (Wildman–Crippen MR) is 64.5 cm³/mol. The Hall–Kier alpha value is -1.95. The van der Waals surface area contributed by atoms with Crippen molar-refractivity contribution in [2.75, 3.05) is 11.9 Å². The van der Waals surface area contributed by atoms with Gasteiger partial charge >= 0.3 is 11.8 Å². The van der Waals surface area contributed by atoms with Crippen molar-refractivity contribution in [1.82, 2.24) is 5.32 Å². The molecule has 1 aromatic rings. The van der Waals surface area contributed by atoms with Crippen molar-refractivity contribution in [2.45, 2.75) is 20.0 Å². The summed E-state index contributed by atoms with van der Waals surface area (Å²) in [6, 6.07) is 3.90. The topological polar surface area (TPSA) is 78.4 Å². The normalized spacial score (nSPS) is 11.8. The molecular formula is C12H15FN2O3. The molecule has 1 rings (SSSR count). The number of carbonyl (C=O) groups is 2. The number of aliphatic hydroxyl groups is 1. The van der Waals surface area contributed by atoms with E-state index in [1.54, 1.807) is 6.92 Å². The maximum atomic E-state index is 13.0. The Morgan fingerprint density at radius 3 is 2.67 bits per heavy atom. The van der Waals surface area contributed by atoms with E-state index < -0.39 is 23.7 Å². The standard InChI is InChI=1S/C12H15FN2O3/c1-7-3-4-9(13)5-10(7)15-12(18)11(17)14-6-8(2)16/h3-5,8,16H,6H2,1-2H3,(H,14,17)(H,15,18). The maximum absolute atomic E-state index is 13.0. The molecule has 0 saturated heterocycles. The zero-order valence-electron chi connectivity index (χ0n) is 10.2. The summed E-state index contributed by atoms with van der Waals surface area (Å²) < 4.78 is 13.0. The average molecular weight is 254 g/mol. The lowest BCUT2D eigenvalue weighted by Crippen LogP contribution is -2.38. The summed E-state index contributed by atoms with van der Waals surface area (Å²) in [6.07, 6.45) is -0.738. The van der Waals surface area contributed by atoms with E-state index >= 15 is 0 Å². The number of amides is 2. The monoisotopic (exact) mass is 254 g/mol. The Morgan fingerprint density at radius 1 is 1.39 bits per heavy atom. The molecule has 1 unspecified atom stereocenters. The van der Waals surface area contributed by atoms with Gasteiger partial charge in [-0.05, 0) is 31.5 Å². The summed E-state index contributed by atoms with van der Waals surface area (Å²) in [5, 5.41) is 13.5. The fourth-order valence-corrected chi connectivity index (χ4v) is 1.23. The summed E-state index contributed by atoms with van der Waals surface area (Å²) in [5.74, 6) is -2.27. The third kappa shape index (κ3) is 4.14. The molecule has 0 saturated carbocycles. The second-order valence-corrected chi connectivity index (χ2v) is 3.97. The van der Waals surface area contributed by atoms with Gasteiger partial charge in [0, 0.05) is 12.2 Å². The van der Waals surface area contributed by atoms with Crippen LogP contribution in [-0.4, -0.2) is 29.6 Å². The largest absolute Gasteiger partial charge is 0.392 e. The van der Waals surface area contributed by atoms with E-state index in [1.807, 2.05) is 0 Å². The molecule has 0 aliphatic heterocycles. The molecule has 18 heavy (non-hydrogen) atoms. The van der Waals surface area contributed by atoms with E-state index in [2.05, 4.69) is 10.6 Å². The number of nitrogens with one attached hydrogen (secondary N) is 2. The molecule has 2 amide bonds. The molecular weight excluding hydrogens is 239 g/mol. The summed E-state index contributed by atoms with van der Waals surface area (Å²) in [4.78, 5) is 22.8. The van der Waals surface area contributed by atoms with E-state index in [1.165, 1.54) is 19.1 Å². The van der Waals surface area contributed by atoms with E-state index in [4.69, 9.17) is 5.11 Å². The molecule has 0 radical (unpaired) electrons. The molecule has 0 bridgehead atoms. The van der Waals surface area contributed by atoms with Crippen LogP contribution in [0.1, 0.15) is 12.5 Å². The first-order valence-corrected chi connectivity index (χ1v) is 5.43. The van der Waals surface area contributed by atoms with Gasteiger partial charge in [-0.25, -0.2) is 4.39 Å². The first-order chi connectivity index (χ1) is 8.40. The maximum Gasteiger partial charge on any atom is 0.313 e. The van der Waals surface area contributed by atoms with Crippen molar-refractivity contribution in [3.8, 4) is 0 Å². The highest BCUT2D eigenvalue weighted by atomic mass is 19.1. The van der Waals surface area contributed by atoms with Crippen LogP contribution in [0.2, 0.25) is 0 Å². The summed E-state index contributed by atoms with van der Waals surface area (Å²) in [5.41, 5.74) is 0.889. The molecule has 0 aliphatic carbocycles. The van der Waals surface area contributed by atoms with Crippen LogP contribution >= 0.6 is 0 Å². The first kappa shape index (κ1) is 14.1. The van der Waals surface area contributed by atoms with Crippen molar-refractivity contribution in [2.24, 2.45) is 0 Å². The first-order valence-electron chi connectivity index (χ1n) is 5.43. The molecule has 0 spiro atoms. The van der Waals surface area contributed by atoms with Gasteiger partial charge in [0.1, 0.15) is 5.82 Å². The zero-order chi connectivity index (χ0) is 13.7. The Balaban J connectivity index is 2.64. The molecule has 98 valence electrons. The molecule has 6 heteroatoms. The Kier molecular flexibility index (Phi) is 4.79. The Labute approximate surface area is 104 Å². The van der Waals surface area contributed by atoms with Gasteiger partial charge in [-0.1, -0.05) is 6.07 Å². The number of aryl methyl sites for hydroxylation is 1. The van der Waals surface area contributed by atoms with Gasteiger partial charge in [0.15, 0.2) is 0 Å². The molecule has 0 aromatic heterocycles. The van der Waals surface area contributed by atoms with Crippen LogP contribution in [0.3, 0.4) is 0 Å². The lowest BCUT2D eigenvalue weighted by molar-refractivity contribution is -0.136. The zero-order valence-corrected chi connectivity index (χ0v) is 10.2. The summed E-state index contributed by atoms with van der Waals surface area (Å²) in [7, 11) is 0. The highest BCUT2D eigenvalue weighted by Crippen LogP contribution is 2.15. The molecule has 0 heterocycles. The SMILES string of the molecule is Cc1ccc(F)cc1NC(=O)C(=O)NCC(C)O. The number of aliphatic hydroxyl groups excluding tert-OH is 1. The minimum absolute atomic E-state index is 0.0195. The van der Waals surface area contributed by atoms with E-state index in [0.717, 1.165) is 6.07 Å². The number of anilines is 1. The molecule has 0 fully saturated rings. The van der Waals surface area contributed by atoms with Gasteiger partial charge in [-0.15, -0.1) is 0 Å². The molecule has 3 N–H and O–H groups in total. The number of benzene rings is 1. The lowest BCUT2D eigenvalue weighted by atomic mass is 10.2. The third-order valence-corrected chi connectivity index (χ3v) is 2.21. The molecule has 0 aliphatic rings. The van der Waals surface area contributed by atoms with Crippen molar-refractivity contribution < 1.29 is 19.1 Å². The third-order valence-electron chi connectivity index (χ3n) is 2.21. The van der Waals surface area contributed by atoms with Gasteiger partial charge in [0.05, 0.1) is 6.10 Å². The summed E-state index contributed by atoms with van der Waals surface area (Å²) >= 11 is 0. The number of halogens is 1. The van der Waals surface area contributed by atoms with Crippen LogP contribution in [0.5, 0.6) is 0 Å². The Morgan fingerprint density at radius 2 is 2.06 bits per heavy atom. The molecule has 1 atom stereocenters. The van der Waals surface area contributed by atoms with Crippen LogP contribution in [0.15, 0.2) is 18.2 Å². The fourth-order valence-electron chi connectivity index (χ4n) is 1.23. The quantitative estimate of drug-likeness (QED) is 0.690. The minimum Gasteiger partial charge on any atom is -0.392 e. The number of hydrogen-bond donors (Lipinski definition) is 3. The van der Waals surface area contributed by atoms with Gasteiger partial charge in [0.25, 0.3) is 0 Å². The number of hydrogen-bond acceptors (Lipinski definition) is 3. The number of carbonyl (C=O) groups excluding carboxylic acids is 2. The fraction of sp³-hybridized carbons (Fsp3) is 0.333. The van der Waals surface area contributed by atoms with Gasteiger partial charge in [-0.2, -0.15) is 0 Å². The second kappa shape index (κ2) is 6.11. The van der Waals surface area contributed by atoms with Crippen LogP contribution in [0.4, 0.5) is 10.1 Å². The smallest absolute Gasteiger partial charge is 0.313 e. The van der Waals surface area contributed by atoms with Crippen molar-refractivity contribution in [3.05, 3.63) is 29.6 Å². The second-order valence-electron chi connectivity index (χ2n) is 3.97. The van der Waals surface area contributed by atoms with E-state index in [9.17, 15) is 14.0 Å². The summed E-state index contributed by atoms with van der Waals surface area (Å²) in [6.45, 7) is 3.14. The van der Waals surface area contributed by atoms with Gasteiger partial charge in [-0.3, -0.25) is 9.59 Å². The van der Waals surface area contributed by atoms with Crippen LogP contribution < -0.4 is 10.6 Å². The van der Waals surface area contributed by atoms with E-state index in [-0.39, 0.29) is 12.2 Å². The van der Waals surface area contributed by atoms with Gasteiger partial charge in [0.2, 0.25) is 0 Å². The van der Waals surface area contributed by atoms with Crippen LogP contribution in [0, 0.1) is 12.7 Å². The highest BCUT2D eigenvalue weighted by Gasteiger charge is 2.15.